The largest absolute Gasteiger partial charge is 0.480 e. The summed E-state index contributed by atoms with van der Waals surface area (Å²) >= 11 is 0. The van der Waals surface area contributed by atoms with E-state index >= 15 is 0 Å². The lowest BCUT2D eigenvalue weighted by atomic mass is 9.87. The first kappa shape index (κ1) is 14.9. The lowest BCUT2D eigenvalue weighted by Crippen LogP contribution is -2.52. The number of rotatable bonds is 4. The molecular formula is C11H17N3O5. The number of nitrogens with one attached hydrogen (secondary N) is 2. The first-order valence-electron chi connectivity index (χ1n) is 5.73. The molecule has 1 heterocycles. The number of imide groups is 1. The SMILES string of the molecule is CC(C)(C)[C@H](NC(=O)CN1C(=O)CNC1=O)C(=O)O. The molecule has 3 N–H and O–H groups in total. The topological polar surface area (TPSA) is 116 Å². The minimum absolute atomic E-state index is 0.145. The number of urea groups is 1. The van der Waals surface area contributed by atoms with Crippen LogP contribution in [-0.4, -0.2) is 53.0 Å². The number of aliphatic carboxylic acids is 1. The molecular weight excluding hydrogens is 254 g/mol. The summed E-state index contributed by atoms with van der Waals surface area (Å²) < 4.78 is 0. The van der Waals surface area contributed by atoms with Gasteiger partial charge in [-0.05, 0) is 5.41 Å². The Morgan fingerprint density at radius 3 is 2.37 bits per heavy atom. The number of hydrogen-bond donors (Lipinski definition) is 3. The smallest absolute Gasteiger partial charge is 0.326 e. The highest BCUT2D eigenvalue weighted by molar-refractivity contribution is 6.04. The molecule has 0 unspecified atom stereocenters. The van der Waals surface area contributed by atoms with Crippen molar-refractivity contribution in [3.8, 4) is 0 Å². The summed E-state index contributed by atoms with van der Waals surface area (Å²) in [6.45, 7) is 4.37. The third-order valence-electron chi connectivity index (χ3n) is 2.66. The number of carboxylic acid groups (broad SMARTS) is 1. The second kappa shape index (κ2) is 5.25. The van der Waals surface area contributed by atoms with E-state index < -0.39 is 41.8 Å². The highest BCUT2D eigenvalue weighted by Crippen LogP contribution is 2.19. The fourth-order valence-corrected chi connectivity index (χ4v) is 1.61. The normalized spacial score (nSPS) is 17.1. The van der Waals surface area contributed by atoms with Gasteiger partial charge in [0, 0.05) is 0 Å². The molecule has 8 nitrogen and oxygen atoms in total. The maximum absolute atomic E-state index is 11.7. The van der Waals surface area contributed by atoms with Crippen LogP contribution in [0.15, 0.2) is 0 Å². The zero-order valence-electron chi connectivity index (χ0n) is 11.0. The molecule has 106 valence electrons. The summed E-state index contributed by atoms with van der Waals surface area (Å²) in [6, 6.07) is -1.75. The summed E-state index contributed by atoms with van der Waals surface area (Å²) in [5.74, 6) is -2.37. The van der Waals surface area contributed by atoms with Gasteiger partial charge in [-0.15, -0.1) is 0 Å². The van der Waals surface area contributed by atoms with Crippen LogP contribution in [0.2, 0.25) is 0 Å². The van der Waals surface area contributed by atoms with Crippen molar-refractivity contribution in [2.24, 2.45) is 5.41 Å². The minimum atomic E-state index is -1.17. The van der Waals surface area contributed by atoms with Crippen LogP contribution in [0.1, 0.15) is 20.8 Å². The summed E-state index contributed by atoms with van der Waals surface area (Å²) in [4.78, 5) is 46.0. The summed E-state index contributed by atoms with van der Waals surface area (Å²) in [7, 11) is 0. The van der Waals surface area contributed by atoms with Crippen molar-refractivity contribution in [3.05, 3.63) is 0 Å². The van der Waals surface area contributed by atoms with Crippen LogP contribution >= 0.6 is 0 Å². The Hall–Kier alpha value is -2.12. The fraction of sp³-hybridized carbons (Fsp3) is 0.636. The van der Waals surface area contributed by atoms with E-state index in [0.717, 1.165) is 4.90 Å². The van der Waals surface area contributed by atoms with Crippen LogP contribution in [0.25, 0.3) is 0 Å². The number of hydrogen-bond acceptors (Lipinski definition) is 4. The van der Waals surface area contributed by atoms with E-state index in [4.69, 9.17) is 5.11 Å². The predicted octanol–water partition coefficient (Wildman–Crippen LogP) is -0.846. The molecule has 0 aromatic heterocycles. The monoisotopic (exact) mass is 271 g/mol. The van der Waals surface area contributed by atoms with Crippen molar-refractivity contribution in [2.75, 3.05) is 13.1 Å². The molecule has 4 amide bonds. The van der Waals surface area contributed by atoms with Crippen molar-refractivity contribution < 1.29 is 24.3 Å². The summed E-state index contributed by atoms with van der Waals surface area (Å²) in [6.07, 6.45) is 0. The molecule has 1 rings (SSSR count). The van der Waals surface area contributed by atoms with Gasteiger partial charge in [0.05, 0.1) is 6.54 Å². The standard InChI is InChI=1S/C11H17N3O5/c1-11(2,3)8(9(17)18)13-6(15)5-14-7(16)4-12-10(14)19/h8H,4-5H2,1-3H3,(H,12,19)(H,13,15)(H,17,18)/t8-/m1/s1. The highest BCUT2D eigenvalue weighted by Gasteiger charge is 2.35. The Labute approximate surface area is 110 Å². The highest BCUT2D eigenvalue weighted by atomic mass is 16.4. The lowest BCUT2D eigenvalue weighted by Gasteiger charge is -2.28. The molecule has 1 saturated heterocycles. The number of carbonyl (C=O) groups excluding carboxylic acids is 3. The van der Waals surface area contributed by atoms with Crippen LogP contribution in [0.3, 0.4) is 0 Å². The molecule has 0 saturated carbocycles. The number of carboxylic acids is 1. The first-order chi connectivity index (χ1) is 8.62. The van der Waals surface area contributed by atoms with Crippen molar-refractivity contribution in [3.63, 3.8) is 0 Å². The first-order valence-corrected chi connectivity index (χ1v) is 5.73. The van der Waals surface area contributed by atoms with E-state index in [-0.39, 0.29) is 6.54 Å². The molecule has 0 aromatic rings. The van der Waals surface area contributed by atoms with Gasteiger partial charge in [-0.25, -0.2) is 9.59 Å². The predicted molar refractivity (Wildman–Crippen MR) is 64.1 cm³/mol. The van der Waals surface area contributed by atoms with Gasteiger partial charge in [0.1, 0.15) is 12.6 Å². The van der Waals surface area contributed by atoms with Crippen molar-refractivity contribution in [2.45, 2.75) is 26.8 Å². The molecule has 19 heavy (non-hydrogen) atoms. The average molecular weight is 271 g/mol. The molecule has 8 heteroatoms. The van der Waals surface area contributed by atoms with Crippen LogP contribution in [0, 0.1) is 5.41 Å². The zero-order valence-corrected chi connectivity index (χ0v) is 11.0. The molecule has 1 aliphatic rings. The fourth-order valence-electron chi connectivity index (χ4n) is 1.61. The zero-order chi connectivity index (χ0) is 14.8. The van der Waals surface area contributed by atoms with Crippen molar-refractivity contribution >= 4 is 23.8 Å². The van der Waals surface area contributed by atoms with E-state index in [1.54, 1.807) is 20.8 Å². The van der Waals surface area contributed by atoms with Gasteiger partial charge in [0.25, 0.3) is 5.91 Å². The Kier molecular flexibility index (Phi) is 4.13. The van der Waals surface area contributed by atoms with E-state index in [2.05, 4.69) is 10.6 Å². The Balaban J connectivity index is 2.66. The number of carbonyl (C=O) groups is 4. The molecule has 0 radical (unpaired) electrons. The Morgan fingerprint density at radius 1 is 1.42 bits per heavy atom. The second-order valence-electron chi connectivity index (χ2n) is 5.34. The van der Waals surface area contributed by atoms with Crippen LogP contribution in [0.5, 0.6) is 0 Å². The number of amides is 4. The van der Waals surface area contributed by atoms with Gasteiger partial charge < -0.3 is 15.7 Å². The van der Waals surface area contributed by atoms with Gasteiger partial charge in [-0.2, -0.15) is 0 Å². The molecule has 0 spiro atoms. The maximum atomic E-state index is 11.7. The summed E-state index contributed by atoms with van der Waals surface area (Å²) in [5.41, 5.74) is -0.682. The average Bonchev–Trinajstić information content (AvgIpc) is 2.55. The molecule has 0 aliphatic carbocycles. The third kappa shape index (κ3) is 3.67. The van der Waals surface area contributed by atoms with Gasteiger partial charge in [0.15, 0.2) is 0 Å². The van der Waals surface area contributed by atoms with Crippen LogP contribution in [-0.2, 0) is 14.4 Å². The van der Waals surface area contributed by atoms with Crippen LogP contribution in [0.4, 0.5) is 4.79 Å². The molecule has 0 aromatic carbocycles. The molecule has 0 bridgehead atoms. The number of nitrogens with zero attached hydrogens (tertiary/aromatic N) is 1. The minimum Gasteiger partial charge on any atom is -0.480 e. The summed E-state index contributed by atoms with van der Waals surface area (Å²) in [5, 5.41) is 13.6. The second-order valence-corrected chi connectivity index (χ2v) is 5.34. The maximum Gasteiger partial charge on any atom is 0.326 e. The molecule has 1 atom stereocenters. The van der Waals surface area contributed by atoms with Gasteiger partial charge in [-0.3, -0.25) is 14.5 Å². The van der Waals surface area contributed by atoms with E-state index in [1.165, 1.54) is 0 Å². The van der Waals surface area contributed by atoms with Gasteiger partial charge in [-0.1, -0.05) is 20.8 Å². The quantitative estimate of drug-likeness (QED) is 0.576. The van der Waals surface area contributed by atoms with Gasteiger partial charge in [0.2, 0.25) is 5.91 Å². The Bertz CT molecular complexity index is 411. The molecule has 1 fully saturated rings. The van der Waals surface area contributed by atoms with Crippen molar-refractivity contribution in [1.82, 2.24) is 15.5 Å². The lowest BCUT2D eigenvalue weighted by molar-refractivity contribution is -0.145. The van der Waals surface area contributed by atoms with E-state index in [1.807, 2.05) is 0 Å². The van der Waals surface area contributed by atoms with Crippen molar-refractivity contribution in [1.29, 1.82) is 0 Å². The molecule has 1 aliphatic heterocycles. The van der Waals surface area contributed by atoms with Gasteiger partial charge >= 0.3 is 12.0 Å². The van der Waals surface area contributed by atoms with Crippen LogP contribution < -0.4 is 10.6 Å². The third-order valence-corrected chi connectivity index (χ3v) is 2.66. The van der Waals surface area contributed by atoms with E-state index in [0.29, 0.717) is 0 Å². The Morgan fingerprint density at radius 2 is 2.00 bits per heavy atom. The van der Waals surface area contributed by atoms with E-state index in [9.17, 15) is 19.2 Å².